The van der Waals surface area contributed by atoms with E-state index in [2.05, 4.69) is 6.07 Å². The molecule has 2 fully saturated rings. The fraction of sp³-hybridized carbons (Fsp3) is 0.800. The Morgan fingerprint density at radius 1 is 1.54 bits per heavy atom. The second kappa shape index (κ2) is 2.73. The van der Waals surface area contributed by atoms with Crippen molar-refractivity contribution in [3.05, 3.63) is 0 Å². The minimum absolute atomic E-state index is 0.0590. The van der Waals surface area contributed by atoms with Crippen LogP contribution >= 0.6 is 0 Å². The van der Waals surface area contributed by atoms with Gasteiger partial charge in [0.2, 0.25) is 5.91 Å². The molecule has 2 saturated carbocycles. The molecule has 0 bridgehead atoms. The average molecular weight is 178 g/mol. The molecular weight excluding hydrogens is 164 g/mol. The van der Waals surface area contributed by atoms with Gasteiger partial charge in [0.05, 0.1) is 6.07 Å². The lowest BCUT2D eigenvalue weighted by Crippen LogP contribution is -2.46. The maximum atomic E-state index is 11.9. The highest BCUT2D eigenvalue weighted by atomic mass is 16.2. The van der Waals surface area contributed by atoms with Crippen LogP contribution < -0.4 is 0 Å². The lowest BCUT2D eigenvalue weighted by molar-refractivity contribution is -0.142. The van der Waals surface area contributed by atoms with Crippen molar-refractivity contribution in [2.75, 3.05) is 7.05 Å². The zero-order valence-corrected chi connectivity index (χ0v) is 7.92. The Morgan fingerprint density at radius 2 is 2.15 bits per heavy atom. The van der Waals surface area contributed by atoms with Crippen molar-refractivity contribution >= 4 is 5.91 Å². The first-order valence-corrected chi connectivity index (χ1v) is 4.88. The number of carbonyl (C=O) groups is 1. The van der Waals surface area contributed by atoms with Crippen LogP contribution in [0.3, 0.4) is 0 Å². The molecule has 0 aromatic carbocycles. The molecule has 0 heterocycles. The third-order valence-electron chi connectivity index (χ3n) is 3.25. The Bertz CT molecular complexity index is 271. The minimum Gasteiger partial charge on any atom is -0.341 e. The smallest absolute Gasteiger partial charge is 0.243 e. The molecule has 2 rings (SSSR count). The predicted molar refractivity (Wildman–Crippen MR) is 47.7 cm³/mol. The zero-order chi connectivity index (χ0) is 9.47. The van der Waals surface area contributed by atoms with Gasteiger partial charge in [0.1, 0.15) is 5.41 Å². The largest absolute Gasteiger partial charge is 0.341 e. The van der Waals surface area contributed by atoms with Crippen LogP contribution in [0.5, 0.6) is 0 Å². The molecule has 3 heteroatoms. The SMILES string of the molecule is CN(C(=O)C1(C#N)CCC1)C1CC1. The van der Waals surface area contributed by atoms with Crippen molar-refractivity contribution in [2.24, 2.45) is 5.41 Å². The van der Waals surface area contributed by atoms with Crippen molar-refractivity contribution < 1.29 is 4.79 Å². The van der Waals surface area contributed by atoms with E-state index < -0.39 is 5.41 Å². The van der Waals surface area contributed by atoms with Gasteiger partial charge in [0.25, 0.3) is 0 Å². The van der Waals surface area contributed by atoms with Crippen LogP contribution in [-0.2, 0) is 4.79 Å². The molecule has 13 heavy (non-hydrogen) atoms. The number of hydrogen-bond donors (Lipinski definition) is 0. The molecule has 0 radical (unpaired) electrons. The van der Waals surface area contributed by atoms with Gasteiger partial charge in [-0.1, -0.05) is 0 Å². The summed E-state index contributed by atoms with van der Waals surface area (Å²) in [6, 6.07) is 2.62. The minimum atomic E-state index is -0.642. The Labute approximate surface area is 78.3 Å². The van der Waals surface area contributed by atoms with Crippen LogP contribution in [0.4, 0.5) is 0 Å². The first kappa shape index (κ1) is 8.55. The molecule has 1 amide bonds. The summed E-state index contributed by atoms with van der Waals surface area (Å²) in [7, 11) is 1.83. The summed E-state index contributed by atoms with van der Waals surface area (Å²) >= 11 is 0. The van der Waals surface area contributed by atoms with Crippen LogP contribution in [-0.4, -0.2) is 23.9 Å². The predicted octanol–water partition coefficient (Wildman–Crippen LogP) is 1.30. The van der Waals surface area contributed by atoms with Gasteiger partial charge >= 0.3 is 0 Å². The van der Waals surface area contributed by atoms with Gasteiger partial charge in [-0.15, -0.1) is 0 Å². The Balaban J connectivity index is 2.06. The van der Waals surface area contributed by atoms with E-state index >= 15 is 0 Å². The van der Waals surface area contributed by atoms with Gasteiger partial charge in [-0.25, -0.2) is 0 Å². The van der Waals surface area contributed by atoms with Crippen molar-refractivity contribution in [3.63, 3.8) is 0 Å². The molecule has 0 aromatic heterocycles. The first-order chi connectivity index (χ1) is 6.19. The third kappa shape index (κ3) is 1.21. The molecule has 0 aliphatic heterocycles. The van der Waals surface area contributed by atoms with Crippen LogP contribution in [0, 0.1) is 16.7 Å². The monoisotopic (exact) mass is 178 g/mol. The van der Waals surface area contributed by atoms with Gasteiger partial charge in [0.15, 0.2) is 0 Å². The van der Waals surface area contributed by atoms with E-state index in [1.165, 1.54) is 0 Å². The highest BCUT2D eigenvalue weighted by molar-refractivity contribution is 5.86. The fourth-order valence-corrected chi connectivity index (χ4v) is 1.87. The molecule has 0 atom stereocenters. The fourth-order valence-electron chi connectivity index (χ4n) is 1.87. The second-order valence-electron chi connectivity index (χ2n) is 4.19. The molecule has 0 aromatic rings. The molecule has 2 aliphatic carbocycles. The van der Waals surface area contributed by atoms with Crippen molar-refractivity contribution in [2.45, 2.75) is 38.1 Å². The maximum absolute atomic E-state index is 11.9. The van der Waals surface area contributed by atoms with E-state index in [1.54, 1.807) is 4.90 Å². The number of nitrogens with zero attached hydrogens (tertiary/aromatic N) is 2. The molecule has 0 unspecified atom stereocenters. The summed E-state index contributed by atoms with van der Waals surface area (Å²) in [5.41, 5.74) is -0.642. The summed E-state index contributed by atoms with van der Waals surface area (Å²) in [5, 5.41) is 8.96. The van der Waals surface area contributed by atoms with E-state index in [0.29, 0.717) is 6.04 Å². The van der Waals surface area contributed by atoms with Gasteiger partial charge in [-0.05, 0) is 32.1 Å². The van der Waals surface area contributed by atoms with Crippen LogP contribution in [0.1, 0.15) is 32.1 Å². The van der Waals surface area contributed by atoms with E-state index in [1.807, 2.05) is 7.05 Å². The molecule has 0 N–H and O–H groups in total. The Kier molecular flexibility index (Phi) is 1.80. The topological polar surface area (TPSA) is 44.1 Å². The quantitative estimate of drug-likeness (QED) is 0.639. The van der Waals surface area contributed by atoms with E-state index in [4.69, 9.17) is 5.26 Å². The van der Waals surface area contributed by atoms with Gasteiger partial charge in [-0.3, -0.25) is 4.79 Å². The number of rotatable bonds is 2. The van der Waals surface area contributed by atoms with E-state index in [-0.39, 0.29) is 5.91 Å². The number of hydrogen-bond acceptors (Lipinski definition) is 2. The summed E-state index contributed by atoms with van der Waals surface area (Å²) in [4.78, 5) is 13.6. The molecular formula is C10H14N2O. The summed E-state index contributed by atoms with van der Waals surface area (Å²) in [6.45, 7) is 0. The second-order valence-corrected chi connectivity index (χ2v) is 4.19. The lowest BCUT2D eigenvalue weighted by atomic mass is 9.69. The van der Waals surface area contributed by atoms with Crippen LogP contribution in [0.2, 0.25) is 0 Å². The lowest BCUT2D eigenvalue weighted by Gasteiger charge is -2.36. The average Bonchev–Trinajstić information content (AvgIpc) is 2.84. The molecule has 2 aliphatic rings. The van der Waals surface area contributed by atoms with Gasteiger partial charge in [0, 0.05) is 13.1 Å². The summed E-state index contributed by atoms with van der Waals surface area (Å²) in [5.74, 6) is 0.0590. The molecule has 0 saturated heterocycles. The molecule has 70 valence electrons. The normalized spacial score (nSPS) is 24.3. The third-order valence-corrected chi connectivity index (χ3v) is 3.25. The van der Waals surface area contributed by atoms with Crippen molar-refractivity contribution in [1.82, 2.24) is 4.90 Å². The van der Waals surface area contributed by atoms with Crippen molar-refractivity contribution in [3.8, 4) is 6.07 Å². The molecule has 0 spiro atoms. The molecule has 3 nitrogen and oxygen atoms in total. The van der Waals surface area contributed by atoms with Crippen molar-refractivity contribution in [1.29, 1.82) is 5.26 Å². The number of nitriles is 1. The van der Waals surface area contributed by atoms with Crippen LogP contribution in [0.25, 0.3) is 0 Å². The van der Waals surface area contributed by atoms with Gasteiger partial charge in [-0.2, -0.15) is 5.26 Å². The van der Waals surface area contributed by atoms with Gasteiger partial charge < -0.3 is 4.90 Å². The number of amides is 1. The zero-order valence-electron chi connectivity index (χ0n) is 7.92. The standard InChI is InChI=1S/C10H14N2O/c1-12(8-3-4-8)9(13)10(7-11)5-2-6-10/h8H,2-6H2,1H3. The first-order valence-electron chi connectivity index (χ1n) is 4.88. The van der Waals surface area contributed by atoms with E-state index in [9.17, 15) is 4.79 Å². The maximum Gasteiger partial charge on any atom is 0.243 e. The highest BCUT2D eigenvalue weighted by Gasteiger charge is 2.48. The van der Waals surface area contributed by atoms with Crippen LogP contribution in [0.15, 0.2) is 0 Å². The van der Waals surface area contributed by atoms with E-state index in [0.717, 1.165) is 32.1 Å². The summed E-state index contributed by atoms with van der Waals surface area (Å²) in [6.07, 6.45) is 4.78. The highest BCUT2D eigenvalue weighted by Crippen LogP contribution is 2.43. The number of carbonyl (C=O) groups excluding carboxylic acids is 1. The Hall–Kier alpha value is -1.04. The summed E-state index contributed by atoms with van der Waals surface area (Å²) < 4.78 is 0. The Morgan fingerprint density at radius 3 is 2.46 bits per heavy atom.